The molecule has 7 nitrogen and oxygen atoms in total. The molecule has 0 aliphatic rings. The van der Waals surface area contributed by atoms with Gasteiger partial charge >= 0.3 is 0 Å². The van der Waals surface area contributed by atoms with E-state index in [0.717, 1.165) is 11.3 Å². The van der Waals surface area contributed by atoms with Gasteiger partial charge in [0.05, 0.1) is 28.6 Å². The summed E-state index contributed by atoms with van der Waals surface area (Å²) in [4.78, 5) is 12.8. The number of halogens is 4. The molecule has 0 spiro atoms. The standard InChI is InChI=1S/C23H19Cl4N5O2/c1-13-22(14(2)32(29-13)11-15-3-4-16(24)9-18(15)26)28-23(33)20-7-8-31(30-20)12-34-21-6-5-17(25)10-19(21)27/h3-10H,11-12H2,1-2H3,(H,28,33). The molecular formula is C23H19Cl4N5O2. The average molecular weight is 539 g/mol. The van der Waals surface area contributed by atoms with Crippen LogP contribution in [0.3, 0.4) is 0 Å². The quantitative estimate of drug-likeness (QED) is 0.286. The van der Waals surface area contributed by atoms with Crippen molar-refractivity contribution in [3.63, 3.8) is 0 Å². The van der Waals surface area contributed by atoms with Crippen molar-refractivity contribution in [2.75, 3.05) is 5.32 Å². The Balaban J connectivity index is 1.43. The van der Waals surface area contributed by atoms with Crippen LogP contribution in [0.1, 0.15) is 27.4 Å². The van der Waals surface area contributed by atoms with E-state index in [2.05, 4.69) is 15.5 Å². The lowest BCUT2D eigenvalue weighted by atomic mass is 10.2. The number of hydrogen-bond acceptors (Lipinski definition) is 4. The molecule has 0 saturated carbocycles. The van der Waals surface area contributed by atoms with Gasteiger partial charge < -0.3 is 10.1 Å². The van der Waals surface area contributed by atoms with Crippen molar-refractivity contribution in [2.24, 2.45) is 0 Å². The minimum absolute atomic E-state index is 0.0759. The molecule has 0 fully saturated rings. The van der Waals surface area contributed by atoms with Gasteiger partial charge in [-0.3, -0.25) is 9.48 Å². The fraction of sp³-hybridized carbons (Fsp3) is 0.174. The zero-order valence-electron chi connectivity index (χ0n) is 18.2. The predicted molar refractivity (Wildman–Crippen MR) is 135 cm³/mol. The van der Waals surface area contributed by atoms with E-state index in [1.54, 1.807) is 47.3 Å². The van der Waals surface area contributed by atoms with Crippen LogP contribution >= 0.6 is 46.4 Å². The molecule has 2 aromatic carbocycles. The van der Waals surface area contributed by atoms with Gasteiger partial charge in [-0.15, -0.1) is 0 Å². The van der Waals surface area contributed by atoms with Crippen molar-refractivity contribution in [2.45, 2.75) is 27.1 Å². The van der Waals surface area contributed by atoms with E-state index in [-0.39, 0.29) is 18.3 Å². The summed E-state index contributed by atoms with van der Waals surface area (Å²) in [6.45, 7) is 4.22. The number of ether oxygens (including phenoxy) is 1. The van der Waals surface area contributed by atoms with E-state index in [0.29, 0.717) is 43.8 Å². The third-order valence-electron chi connectivity index (χ3n) is 5.07. The number of anilines is 1. The molecule has 1 amide bonds. The van der Waals surface area contributed by atoms with E-state index in [9.17, 15) is 4.79 Å². The van der Waals surface area contributed by atoms with Gasteiger partial charge in [-0.1, -0.05) is 52.5 Å². The highest BCUT2D eigenvalue weighted by atomic mass is 35.5. The summed E-state index contributed by atoms with van der Waals surface area (Å²) in [5.41, 5.74) is 3.19. The number of benzene rings is 2. The maximum absolute atomic E-state index is 12.8. The number of carbonyl (C=O) groups is 1. The van der Waals surface area contributed by atoms with E-state index >= 15 is 0 Å². The number of hydrogen-bond donors (Lipinski definition) is 1. The van der Waals surface area contributed by atoms with Crippen molar-refractivity contribution < 1.29 is 9.53 Å². The summed E-state index contributed by atoms with van der Waals surface area (Å²) in [5.74, 6) is 0.102. The minimum Gasteiger partial charge on any atom is -0.470 e. The SMILES string of the molecule is Cc1nn(Cc2ccc(Cl)cc2Cl)c(C)c1NC(=O)c1ccn(COc2ccc(Cl)cc2Cl)n1. The van der Waals surface area contributed by atoms with E-state index in [4.69, 9.17) is 51.1 Å². The topological polar surface area (TPSA) is 74.0 Å². The van der Waals surface area contributed by atoms with Gasteiger partial charge in [0.25, 0.3) is 5.91 Å². The van der Waals surface area contributed by atoms with Crippen molar-refractivity contribution in [1.29, 1.82) is 0 Å². The normalized spacial score (nSPS) is 11.0. The van der Waals surface area contributed by atoms with Gasteiger partial charge in [0.15, 0.2) is 12.4 Å². The van der Waals surface area contributed by atoms with Crippen molar-refractivity contribution in [1.82, 2.24) is 19.6 Å². The summed E-state index contributed by atoms with van der Waals surface area (Å²) in [6, 6.07) is 11.9. The molecule has 0 radical (unpaired) electrons. The van der Waals surface area contributed by atoms with Gasteiger partial charge in [0, 0.05) is 21.3 Å². The van der Waals surface area contributed by atoms with Crippen LogP contribution in [0.25, 0.3) is 0 Å². The molecular weight excluding hydrogens is 520 g/mol. The largest absolute Gasteiger partial charge is 0.470 e. The Labute approximate surface area is 216 Å². The first kappa shape index (κ1) is 24.4. The average Bonchev–Trinajstić information content (AvgIpc) is 3.35. The van der Waals surface area contributed by atoms with Crippen molar-refractivity contribution in [3.05, 3.63) is 91.4 Å². The first-order chi connectivity index (χ1) is 16.2. The molecule has 0 atom stereocenters. The maximum atomic E-state index is 12.8. The molecule has 2 aromatic heterocycles. The number of nitrogens with zero attached hydrogens (tertiary/aromatic N) is 4. The highest BCUT2D eigenvalue weighted by Crippen LogP contribution is 2.28. The number of rotatable bonds is 7. The first-order valence-electron chi connectivity index (χ1n) is 10.1. The summed E-state index contributed by atoms with van der Waals surface area (Å²) in [5, 5.41) is 13.7. The van der Waals surface area contributed by atoms with E-state index < -0.39 is 0 Å². The molecule has 1 N–H and O–H groups in total. The molecule has 4 rings (SSSR count). The molecule has 0 aliphatic heterocycles. The number of aromatic nitrogens is 4. The zero-order valence-corrected chi connectivity index (χ0v) is 21.2. The van der Waals surface area contributed by atoms with E-state index in [1.165, 1.54) is 4.68 Å². The lowest BCUT2D eigenvalue weighted by Crippen LogP contribution is -2.15. The highest BCUT2D eigenvalue weighted by molar-refractivity contribution is 6.35. The van der Waals surface area contributed by atoms with Crippen LogP contribution in [0.2, 0.25) is 20.1 Å². The second-order valence-electron chi connectivity index (χ2n) is 7.48. The van der Waals surface area contributed by atoms with E-state index in [1.807, 2.05) is 19.9 Å². The fourth-order valence-corrected chi connectivity index (χ4v) is 4.23. The van der Waals surface area contributed by atoms with Crippen LogP contribution in [-0.4, -0.2) is 25.5 Å². The Morgan fingerprint density at radius 1 is 0.971 bits per heavy atom. The summed E-state index contributed by atoms with van der Waals surface area (Å²) in [7, 11) is 0. The van der Waals surface area contributed by atoms with Crippen LogP contribution in [0.15, 0.2) is 48.7 Å². The Morgan fingerprint density at radius 2 is 1.68 bits per heavy atom. The summed E-state index contributed by atoms with van der Waals surface area (Å²) in [6.07, 6.45) is 1.64. The van der Waals surface area contributed by atoms with Crippen LogP contribution in [0.5, 0.6) is 5.75 Å². The number of aryl methyl sites for hydroxylation is 1. The first-order valence-corrected chi connectivity index (χ1v) is 11.6. The van der Waals surface area contributed by atoms with Crippen molar-refractivity contribution >= 4 is 58.0 Å². The van der Waals surface area contributed by atoms with Gasteiger partial charge in [-0.05, 0) is 55.8 Å². The van der Waals surface area contributed by atoms with Crippen LogP contribution in [-0.2, 0) is 13.3 Å². The molecule has 4 aromatic rings. The van der Waals surface area contributed by atoms with Crippen LogP contribution in [0.4, 0.5) is 5.69 Å². The Bertz CT molecular complexity index is 1370. The van der Waals surface area contributed by atoms with Crippen LogP contribution in [0, 0.1) is 13.8 Å². The predicted octanol–water partition coefficient (Wildman–Crippen LogP) is 6.65. The third kappa shape index (κ3) is 5.50. The molecule has 0 bridgehead atoms. The Morgan fingerprint density at radius 3 is 2.38 bits per heavy atom. The van der Waals surface area contributed by atoms with Gasteiger partial charge in [-0.25, -0.2) is 4.68 Å². The molecule has 34 heavy (non-hydrogen) atoms. The second-order valence-corrected chi connectivity index (χ2v) is 9.17. The second kappa shape index (κ2) is 10.3. The van der Waals surface area contributed by atoms with Crippen molar-refractivity contribution in [3.8, 4) is 5.75 Å². The number of nitrogens with one attached hydrogen (secondary N) is 1. The molecule has 11 heteroatoms. The van der Waals surface area contributed by atoms with Gasteiger partial charge in [-0.2, -0.15) is 10.2 Å². The van der Waals surface area contributed by atoms with Crippen LogP contribution < -0.4 is 10.1 Å². The Kier molecular flexibility index (Phi) is 7.38. The van der Waals surface area contributed by atoms with Gasteiger partial charge in [0.2, 0.25) is 0 Å². The summed E-state index contributed by atoms with van der Waals surface area (Å²) < 4.78 is 8.92. The lowest BCUT2D eigenvalue weighted by Gasteiger charge is -2.09. The molecule has 2 heterocycles. The molecule has 0 aliphatic carbocycles. The number of amides is 1. The number of carbonyl (C=O) groups excluding carboxylic acids is 1. The third-order valence-corrected chi connectivity index (χ3v) is 6.19. The lowest BCUT2D eigenvalue weighted by molar-refractivity contribution is 0.102. The van der Waals surface area contributed by atoms with Gasteiger partial charge in [0.1, 0.15) is 5.75 Å². The maximum Gasteiger partial charge on any atom is 0.276 e. The molecule has 0 saturated heterocycles. The summed E-state index contributed by atoms with van der Waals surface area (Å²) >= 11 is 24.3. The fourth-order valence-electron chi connectivity index (χ4n) is 3.30. The monoisotopic (exact) mass is 537 g/mol. The smallest absolute Gasteiger partial charge is 0.276 e. The molecule has 176 valence electrons. The Hall–Kier alpha value is -2.71. The zero-order chi connectivity index (χ0) is 24.4. The highest BCUT2D eigenvalue weighted by Gasteiger charge is 2.18. The minimum atomic E-state index is -0.362. The molecule has 0 unspecified atom stereocenters.